The van der Waals surface area contributed by atoms with E-state index in [1.54, 1.807) is 12.3 Å². The molecule has 0 aliphatic carbocycles. The molecule has 17 heavy (non-hydrogen) atoms. The molecule has 0 aliphatic rings. The highest BCUT2D eigenvalue weighted by molar-refractivity contribution is 5.69. The zero-order valence-electron chi connectivity index (χ0n) is 10.9. The Morgan fingerprint density at radius 2 is 2.12 bits per heavy atom. The summed E-state index contributed by atoms with van der Waals surface area (Å²) in [5.74, 6) is 1.31. The van der Waals surface area contributed by atoms with Crippen LogP contribution in [0.15, 0.2) is 12.3 Å². The van der Waals surface area contributed by atoms with Crippen molar-refractivity contribution in [1.29, 1.82) is 5.26 Å². The number of nitrogen functional groups attached to an aromatic ring is 1. The van der Waals surface area contributed by atoms with Crippen molar-refractivity contribution >= 4 is 11.5 Å². The number of nitrogens with zero attached hydrogens (tertiary/aromatic N) is 3. The lowest BCUT2D eigenvalue weighted by molar-refractivity contribution is 0.502. The zero-order chi connectivity index (χ0) is 13.0. The minimum absolute atomic E-state index is 0.346. The molecule has 92 valence electrons. The summed E-state index contributed by atoms with van der Waals surface area (Å²) in [6.07, 6.45) is 2.69. The summed E-state index contributed by atoms with van der Waals surface area (Å²) in [6.45, 7) is 6.51. The smallest absolute Gasteiger partial charge is 0.153 e. The van der Waals surface area contributed by atoms with Crippen LogP contribution in [-0.2, 0) is 0 Å². The lowest BCUT2D eigenvalue weighted by Gasteiger charge is -2.28. The van der Waals surface area contributed by atoms with Crippen molar-refractivity contribution in [2.75, 3.05) is 17.7 Å². The number of anilines is 2. The van der Waals surface area contributed by atoms with Gasteiger partial charge < -0.3 is 10.6 Å². The average molecular weight is 232 g/mol. The van der Waals surface area contributed by atoms with Gasteiger partial charge in [-0.2, -0.15) is 5.26 Å². The Bertz CT molecular complexity index is 420. The highest BCUT2D eigenvalue weighted by Crippen LogP contribution is 2.25. The minimum Gasteiger partial charge on any atom is -0.395 e. The summed E-state index contributed by atoms with van der Waals surface area (Å²) in [5, 5.41) is 8.93. The van der Waals surface area contributed by atoms with Gasteiger partial charge in [0, 0.05) is 19.3 Å². The molecule has 1 aromatic rings. The van der Waals surface area contributed by atoms with Crippen LogP contribution in [0.2, 0.25) is 0 Å². The molecule has 0 amide bonds. The second kappa shape index (κ2) is 5.53. The van der Waals surface area contributed by atoms with Crippen LogP contribution in [0.4, 0.5) is 11.5 Å². The van der Waals surface area contributed by atoms with Crippen LogP contribution in [0.1, 0.15) is 32.8 Å². The second-order valence-corrected chi connectivity index (χ2v) is 4.80. The molecule has 1 aromatic heterocycles. The number of aromatic nitrogens is 1. The normalized spacial score (nSPS) is 12.2. The van der Waals surface area contributed by atoms with Gasteiger partial charge in [-0.15, -0.1) is 0 Å². The first kappa shape index (κ1) is 13.3. The first-order chi connectivity index (χ1) is 7.97. The van der Waals surface area contributed by atoms with E-state index in [9.17, 15) is 0 Å². The zero-order valence-corrected chi connectivity index (χ0v) is 10.9. The Balaban J connectivity index is 2.97. The van der Waals surface area contributed by atoms with Crippen LogP contribution in [0.3, 0.4) is 0 Å². The van der Waals surface area contributed by atoms with Crippen molar-refractivity contribution in [1.82, 2.24) is 4.98 Å². The summed E-state index contributed by atoms with van der Waals surface area (Å²) >= 11 is 0. The van der Waals surface area contributed by atoms with Crippen molar-refractivity contribution in [3.8, 4) is 6.07 Å². The Morgan fingerprint density at radius 1 is 1.47 bits per heavy atom. The van der Waals surface area contributed by atoms with Crippen LogP contribution in [0.5, 0.6) is 0 Å². The molecule has 0 aromatic carbocycles. The summed E-state index contributed by atoms with van der Waals surface area (Å²) < 4.78 is 0. The highest BCUT2D eigenvalue weighted by Gasteiger charge is 2.16. The highest BCUT2D eigenvalue weighted by atomic mass is 15.2. The lowest BCUT2D eigenvalue weighted by atomic mass is 10.0. The summed E-state index contributed by atoms with van der Waals surface area (Å²) in [7, 11) is 1.97. The quantitative estimate of drug-likeness (QED) is 0.865. The first-order valence-corrected chi connectivity index (χ1v) is 5.84. The standard InChI is InChI=1S/C13H20N4/c1-9(2)7-10(3)17(4)13-12(15)11(8-14)5-6-16-13/h5-6,9-10H,7,15H2,1-4H3. The van der Waals surface area contributed by atoms with Crippen molar-refractivity contribution in [2.45, 2.75) is 33.2 Å². The molecule has 0 bridgehead atoms. The van der Waals surface area contributed by atoms with E-state index >= 15 is 0 Å². The Morgan fingerprint density at radius 3 is 2.65 bits per heavy atom. The van der Waals surface area contributed by atoms with E-state index in [1.807, 2.05) is 11.9 Å². The maximum Gasteiger partial charge on any atom is 0.153 e. The van der Waals surface area contributed by atoms with Crippen molar-refractivity contribution in [3.63, 3.8) is 0 Å². The Labute approximate surface area is 103 Å². The maximum absolute atomic E-state index is 8.93. The molecule has 4 nitrogen and oxygen atoms in total. The van der Waals surface area contributed by atoms with E-state index < -0.39 is 0 Å². The summed E-state index contributed by atoms with van der Waals surface area (Å²) in [5.41, 5.74) is 6.89. The van der Waals surface area contributed by atoms with Crippen LogP contribution < -0.4 is 10.6 Å². The molecular weight excluding hydrogens is 212 g/mol. The van der Waals surface area contributed by atoms with Gasteiger partial charge in [0.05, 0.1) is 11.3 Å². The molecule has 0 aliphatic heterocycles. The Hall–Kier alpha value is -1.76. The van der Waals surface area contributed by atoms with Gasteiger partial charge in [0.25, 0.3) is 0 Å². The fourth-order valence-corrected chi connectivity index (χ4v) is 1.89. The van der Waals surface area contributed by atoms with E-state index in [0.717, 1.165) is 6.42 Å². The van der Waals surface area contributed by atoms with Gasteiger partial charge >= 0.3 is 0 Å². The van der Waals surface area contributed by atoms with E-state index in [2.05, 4.69) is 31.8 Å². The number of hydrogen-bond donors (Lipinski definition) is 1. The monoisotopic (exact) mass is 232 g/mol. The number of hydrogen-bond acceptors (Lipinski definition) is 4. The maximum atomic E-state index is 8.93. The molecule has 0 fully saturated rings. The Kier molecular flexibility index (Phi) is 4.33. The molecule has 0 saturated heterocycles. The first-order valence-electron chi connectivity index (χ1n) is 5.84. The lowest BCUT2D eigenvalue weighted by Crippen LogP contribution is -2.31. The second-order valence-electron chi connectivity index (χ2n) is 4.80. The molecule has 1 unspecified atom stereocenters. The molecule has 0 saturated carbocycles. The number of nitriles is 1. The SMILES string of the molecule is CC(C)CC(C)N(C)c1nccc(C#N)c1N. The minimum atomic E-state index is 0.346. The molecule has 1 rings (SSSR count). The molecule has 0 radical (unpaired) electrons. The van der Waals surface area contributed by atoms with Gasteiger partial charge in [0.2, 0.25) is 0 Å². The molecule has 1 atom stereocenters. The number of rotatable bonds is 4. The van der Waals surface area contributed by atoms with Crippen LogP contribution in [0.25, 0.3) is 0 Å². The van der Waals surface area contributed by atoms with Gasteiger partial charge in [0.1, 0.15) is 6.07 Å². The van der Waals surface area contributed by atoms with Crippen LogP contribution >= 0.6 is 0 Å². The fourth-order valence-electron chi connectivity index (χ4n) is 1.89. The van der Waals surface area contributed by atoms with Gasteiger partial charge in [0.15, 0.2) is 5.82 Å². The van der Waals surface area contributed by atoms with Crippen molar-refractivity contribution in [3.05, 3.63) is 17.8 Å². The predicted molar refractivity (Wildman–Crippen MR) is 70.7 cm³/mol. The molecule has 4 heteroatoms. The third-order valence-corrected chi connectivity index (χ3v) is 2.90. The summed E-state index contributed by atoms with van der Waals surface area (Å²) in [6, 6.07) is 4.06. The fraction of sp³-hybridized carbons (Fsp3) is 0.538. The molecule has 1 heterocycles. The van der Waals surface area contributed by atoms with Crippen molar-refractivity contribution in [2.24, 2.45) is 5.92 Å². The van der Waals surface area contributed by atoms with E-state index in [4.69, 9.17) is 11.0 Å². The third-order valence-electron chi connectivity index (χ3n) is 2.90. The predicted octanol–water partition coefficient (Wildman–Crippen LogP) is 2.41. The number of nitrogens with two attached hydrogens (primary N) is 1. The largest absolute Gasteiger partial charge is 0.395 e. The van der Waals surface area contributed by atoms with E-state index in [-0.39, 0.29) is 0 Å². The molecule has 0 spiro atoms. The summed E-state index contributed by atoms with van der Waals surface area (Å²) in [4.78, 5) is 6.30. The van der Waals surface area contributed by atoms with Gasteiger partial charge in [-0.3, -0.25) is 0 Å². The topological polar surface area (TPSA) is 65.9 Å². The van der Waals surface area contributed by atoms with Gasteiger partial charge in [-0.25, -0.2) is 4.98 Å². The van der Waals surface area contributed by atoms with E-state index in [0.29, 0.717) is 29.0 Å². The van der Waals surface area contributed by atoms with Crippen LogP contribution in [-0.4, -0.2) is 18.1 Å². The molecule has 2 N–H and O–H groups in total. The number of pyridine rings is 1. The van der Waals surface area contributed by atoms with Crippen molar-refractivity contribution < 1.29 is 0 Å². The van der Waals surface area contributed by atoms with Crippen LogP contribution in [0, 0.1) is 17.2 Å². The van der Waals surface area contributed by atoms with E-state index in [1.165, 1.54) is 0 Å². The van der Waals surface area contributed by atoms with Gasteiger partial charge in [-0.1, -0.05) is 13.8 Å². The molecular formula is C13H20N4. The third kappa shape index (κ3) is 3.10. The average Bonchev–Trinajstić information content (AvgIpc) is 2.27. The van der Waals surface area contributed by atoms with Gasteiger partial charge in [-0.05, 0) is 25.3 Å².